The summed E-state index contributed by atoms with van der Waals surface area (Å²) in [6, 6.07) is 1.43. The maximum atomic E-state index is 11.5. The fourth-order valence-electron chi connectivity index (χ4n) is 0.960. The van der Waals surface area contributed by atoms with E-state index in [0.29, 0.717) is 24.3 Å². The van der Waals surface area contributed by atoms with Crippen LogP contribution in [0.4, 0.5) is 5.82 Å². The molecule has 5 nitrogen and oxygen atoms in total. The predicted octanol–water partition coefficient (Wildman–Crippen LogP) is 1.55. The summed E-state index contributed by atoms with van der Waals surface area (Å²) >= 11 is 5.65. The number of rotatable bonds is 4. The Kier molecular flexibility index (Phi) is 4.72. The zero-order chi connectivity index (χ0) is 11.3. The second-order valence-electron chi connectivity index (χ2n) is 2.53. The molecule has 0 aromatic carbocycles. The van der Waals surface area contributed by atoms with Crippen molar-refractivity contribution in [1.29, 1.82) is 0 Å². The van der Waals surface area contributed by atoms with Crippen LogP contribution in [0.25, 0.3) is 0 Å². The molecule has 0 fully saturated rings. The van der Waals surface area contributed by atoms with Gasteiger partial charge in [0.25, 0.3) is 0 Å². The average molecular weight is 248 g/mol. The maximum absolute atomic E-state index is 11.5. The van der Waals surface area contributed by atoms with Crippen molar-refractivity contribution in [1.82, 2.24) is 10.2 Å². The van der Waals surface area contributed by atoms with Gasteiger partial charge in [0.2, 0.25) is 0 Å². The number of aromatic nitrogens is 2. The van der Waals surface area contributed by atoms with E-state index in [2.05, 4.69) is 24.8 Å². The average Bonchev–Trinajstić information content (AvgIpc) is 2.21. The Morgan fingerprint density at radius 3 is 3.00 bits per heavy atom. The zero-order valence-electron chi connectivity index (χ0n) is 8.16. The van der Waals surface area contributed by atoms with Gasteiger partial charge in [-0.25, -0.2) is 4.79 Å². The Bertz CT molecular complexity index is 362. The predicted molar refractivity (Wildman–Crippen MR) is 61.2 cm³/mol. The van der Waals surface area contributed by atoms with Crippen molar-refractivity contribution in [2.24, 2.45) is 0 Å². The maximum Gasteiger partial charge on any atom is 0.342 e. The summed E-state index contributed by atoms with van der Waals surface area (Å²) in [5.74, 6) is -0.0944. The molecule has 1 aromatic heterocycles. The highest BCUT2D eigenvalue weighted by molar-refractivity contribution is 7.16. The second kappa shape index (κ2) is 5.83. The molecule has 1 rings (SSSR count). The number of carbonyl (C=O) groups is 1. The lowest BCUT2D eigenvalue weighted by molar-refractivity contribution is 0.0527. The fraction of sp³-hybridized carbons (Fsp3) is 0.375. The first kappa shape index (κ1) is 12.1. The van der Waals surface area contributed by atoms with Gasteiger partial charge < -0.3 is 10.1 Å². The van der Waals surface area contributed by atoms with E-state index in [1.165, 1.54) is 6.07 Å². The number of nitrogens with one attached hydrogen (secondary N) is 1. The molecule has 0 saturated carbocycles. The molecular weight excluding hydrogens is 237 g/mol. The SMILES string of the molecule is CCOC(=O)c1cc(Cl)nnc1NCP. The molecule has 1 aromatic rings. The van der Waals surface area contributed by atoms with Crippen LogP contribution >= 0.6 is 20.8 Å². The summed E-state index contributed by atoms with van der Waals surface area (Å²) in [5.41, 5.74) is 0.291. The highest BCUT2D eigenvalue weighted by Crippen LogP contribution is 2.16. The molecule has 0 bridgehead atoms. The van der Waals surface area contributed by atoms with Gasteiger partial charge in [0.1, 0.15) is 5.56 Å². The molecule has 0 spiro atoms. The third kappa shape index (κ3) is 3.29. The van der Waals surface area contributed by atoms with Gasteiger partial charge >= 0.3 is 5.97 Å². The number of nitrogens with zero attached hydrogens (tertiary/aromatic N) is 2. The smallest absolute Gasteiger partial charge is 0.342 e. The lowest BCUT2D eigenvalue weighted by Gasteiger charge is -2.07. The minimum absolute atomic E-state index is 0.160. The Labute approximate surface area is 94.8 Å². The summed E-state index contributed by atoms with van der Waals surface area (Å²) in [4.78, 5) is 11.5. The van der Waals surface area contributed by atoms with E-state index >= 15 is 0 Å². The van der Waals surface area contributed by atoms with Gasteiger partial charge in [-0.05, 0) is 13.0 Å². The highest BCUT2D eigenvalue weighted by Gasteiger charge is 2.14. The number of anilines is 1. The minimum Gasteiger partial charge on any atom is -0.462 e. The van der Waals surface area contributed by atoms with E-state index < -0.39 is 5.97 Å². The van der Waals surface area contributed by atoms with Crippen LogP contribution in [0.2, 0.25) is 5.15 Å². The molecule has 1 N–H and O–H groups in total. The Morgan fingerprint density at radius 2 is 2.40 bits per heavy atom. The van der Waals surface area contributed by atoms with Crippen molar-refractivity contribution in [3.05, 3.63) is 16.8 Å². The van der Waals surface area contributed by atoms with Gasteiger partial charge in [-0.15, -0.1) is 19.4 Å². The van der Waals surface area contributed by atoms with Gasteiger partial charge in [0, 0.05) is 6.29 Å². The second-order valence-corrected chi connectivity index (χ2v) is 3.33. The van der Waals surface area contributed by atoms with Crippen molar-refractivity contribution < 1.29 is 9.53 Å². The number of halogens is 1. The van der Waals surface area contributed by atoms with Crippen LogP contribution in [0.5, 0.6) is 0 Å². The fourth-order valence-corrected chi connectivity index (χ4v) is 1.30. The topological polar surface area (TPSA) is 64.1 Å². The number of ether oxygens (including phenoxy) is 1. The van der Waals surface area contributed by atoms with E-state index in [1.54, 1.807) is 6.92 Å². The van der Waals surface area contributed by atoms with Crippen LogP contribution in [0, 0.1) is 0 Å². The zero-order valence-corrected chi connectivity index (χ0v) is 10.1. The quantitative estimate of drug-likeness (QED) is 0.646. The molecule has 0 amide bonds. The van der Waals surface area contributed by atoms with Crippen molar-refractivity contribution in [3.63, 3.8) is 0 Å². The van der Waals surface area contributed by atoms with Crippen LogP contribution < -0.4 is 5.32 Å². The van der Waals surface area contributed by atoms with E-state index in [9.17, 15) is 4.79 Å². The standard InChI is InChI=1S/C8H11ClN3O2P/c1-2-14-8(13)5-3-6(9)11-12-7(5)10-4-15/h3H,2,4,15H2,1H3,(H,10,12). The summed E-state index contributed by atoms with van der Waals surface area (Å²) in [7, 11) is 2.46. The molecule has 82 valence electrons. The lowest BCUT2D eigenvalue weighted by Crippen LogP contribution is -2.11. The normalized spacial score (nSPS) is 9.80. The molecule has 1 atom stereocenters. The van der Waals surface area contributed by atoms with Gasteiger partial charge in [-0.2, -0.15) is 0 Å². The molecule has 1 unspecified atom stereocenters. The van der Waals surface area contributed by atoms with Crippen LogP contribution in [0.15, 0.2) is 6.07 Å². The molecule has 0 aliphatic rings. The van der Waals surface area contributed by atoms with Gasteiger partial charge in [0.05, 0.1) is 6.61 Å². The molecule has 7 heteroatoms. The summed E-state index contributed by atoms with van der Waals surface area (Å²) in [6.45, 7) is 2.04. The first-order valence-corrected chi connectivity index (χ1v) is 5.52. The van der Waals surface area contributed by atoms with Crippen LogP contribution in [-0.4, -0.2) is 29.1 Å². The summed E-state index contributed by atoms with van der Waals surface area (Å²) < 4.78 is 4.86. The monoisotopic (exact) mass is 247 g/mol. The van der Waals surface area contributed by atoms with Crippen molar-refractivity contribution in [2.45, 2.75) is 6.92 Å². The van der Waals surface area contributed by atoms with E-state index in [4.69, 9.17) is 16.3 Å². The number of esters is 1. The highest BCUT2D eigenvalue weighted by atomic mass is 35.5. The Hall–Kier alpha value is -0.930. The van der Waals surface area contributed by atoms with E-state index in [-0.39, 0.29) is 5.15 Å². The molecule has 0 aliphatic heterocycles. The molecule has 0 saturated heterocycles. The van der Waals surface area contributed by atoms with Gasteiger partial charge in [0.15, 0.2) is 11.0 Å². The van der Waals surface area contributed by atoms with Crippen molar-refractivity contribution >= 4 is 32.6 Å². The third-order valence-corrected chi connectivity index (χ3v) is 1.92. The van der Waals surface area contributed by atoms with Gasteiger partial charge in [-0.1, -0.05) is 11.6 Å². The Balaban J connectivity index is 3.00. The van der Waals surface area contributed by atoms with Gasteiger partial charge in [-0.3, -0.25) is 0 Å². The molecule has 1 heterocycles. The minimum atomic E-state index is -0.463. The first-order chi connectivity index (χ1) is 7.19. The summed E-state index contributed by atoms with van der Waals surface area (Å²) in [6.07, 6.45) is 0.558. The largest absolute Gasteiger partial charge is 0.462 e. The molecule has 15 heavy (non-hydrogen) atoms. The molecule has 0 radical (unpaired) electrons. The van der Waals surface area contributed by atoms with Crippen LogP contribution in [0.1, 0.15) is 17.3 Å². The van der Waals surface area contributed by atoms with Crippen molar-refractivity contribution in [3.8, 4) is 0 Å². The number of carbonyl (C=O) groups excluding carboxylic acids is 1. The van der Waals surface area contributed by atoms with Crippen molar-refractivity contribution in [2.75, 3.05) is 18.2 Å². The third-order valence-electron chi connectivity index (χ3n) is 1.53. The lowest BCUT2D eigenvalue weighted by atomic mass is 10.3. The van der Waals surface area contributed by atoms with Crippen LogP contribution in [0.3, 0.4) is 0 Å². The number of hydrogen-bond acceptors (Lipinski definition) is 5. The van der Waals surface area contributed by atoms with E-state index in [1.807, 2.05) is 0 Å². The molecule has 0 aliphatic carbocycles. The first-order valence-electron chi connectivity index (χ1n) is 4.33. The summed E-state index contributed by atoms with van der Waals surface area (Å²) in [5, 5.41) is 10.4. The molecular formula is C8H11ClN3O2P. The van der Waals surface area contributed by atoms with Crippen LogP contribution in [-0.2, 0) is 4.74 Å². The number of hydrogen-bond donors (Lipinski definition) is 1. The van der Waals surface area contributed by atoms with E-state index in [0.717, 1.165) is 0 Å². The Morgan fingerprint density at radius 1 is 1.67 bits per heavy atom.